The van der Waals surface area contributed by atoms with Crippen molar-refractivity contribution in [3.63, 3.8) is 0 Å². The van der Waals surface area contributed by atoms with Crippen LogP contribution in [0.1, 0.15) is 36.5 Å². The first kappa shape index (κ1) is 17.1. The van der Waals surface area contributed by atoms with Crippen molar-refractivity contribution in [1.29, 1.82) is 0 Å². The van der Waals surface area contributed by atoms with Crippen molar-refractivity contribution in [1.82, 2.24) is 5.32 Å². The summed E-state index contributed by atoms with van der Waals surface area (Å²) in [6.07, 6.45) is 3.31. The molecule has 0 spiro atoms. The largest absolute Gasteiger partial charge is 0.351 e. The third-order valence-electron chi connectivity index (χ3n) is 3.75. The standard InChI is InChI=1S/C13H14BrCl2NO3S/c1-13(3-2-4-13)7-17-12(18)9-5-8(14)6-10(11(9)15)21(16,19)20/h5-6H,2-4,7H2,1H3,(H,17,18). The van der Waals surface area contributed by atoms with Crippen LogP contribution in [0.25, 0.3) is 0 Å². The lowest BCUT2D eigenvalue weighted by Gasteiger charge is -2.38. The Kier molecular flexibility index (Phi) is 4.93. The van der Waals surface area contributed by atoms with Crippen LogP contribution in [0.15, 0.2) is 21.5 Å². The second-order valence-electron chi connectivity index (χ2n) is 5.55. The smallest absolute Gasteiger partial charge is 0.262 e. The summed E-state index contributed by atoms with van der Waals surface area (Å²) in [5, 5.41) is 2.64. The molecule has 1 aromatic carbocycles. The van der Waals surface area contributed by atoms with E-state index in [0.717, 1.165) is 12.8 Å². The third kappa shape index (κ3) is 3.92. The predicted molar refractivity (Wildman–Crippen MR) is 86.5 cm³/mol. The molecule has 1 fully saturated rings. The van der Waals surface area contributed by atoms with Crippen molar-refractivity contribution >= 4 is 53.2 Å². The molecule has 21 heavy (non-hydrogen) atoms. The molecule has 1 aliphatic carbocycles. The van der Waals surface area contributed by atoms with E-state index >= 15 is 0 Å². The van der Waals surface area contributed by atoms with Gasteiger partial charge in [-0.15, -0.1) is 0 Å². The molecule has 0 aromatic heterocycles. The minimum Gasteiger partial charge on any atom is -0.351 e. The van der Waals surface area contributed by atoms with Gasteiger partial charge in [-0.3, -0.25) is 4.79 Å². The summed E-state index contributed by atoms with van der Waals surface area (Å²) in [5.41, 5.74) is 0.211. The molecule has 116 valence electrons. The van der Waals surface area contributed by atoms with Crippen molar-refractivity contribution in [2.45, 2.75) is 31.1 Å². The number of halogens is 3. The van der Waals surface area contributed by atoms with Gasteiger partial charge in [0.2, 0.25) is 0 Å². The maximum absolute atomic E-state index is 12.2. The van der Waals surface area contributed by atoms with Crippen LogP contribution in [0.2, 0.25) is 5.02 Å². The normalized spacial score (nSPS) is 17.1. The molecule has 4 nitrogen and oxygen atoms in total. The Labute approximate surface area is 141 Å². The maximum Gasteiger partial charge on any atom is 0.262 e. The molecule has 0 unspecified atom stereocenters. The average molecular weight is 415 g/mol. The number of benzene rings is 1. The van der Waals surface area contributed by atoms with Crippen molar-refractivity contribution < 1.29 is 13.2 Å². The van der Waals surface area contributed by atoms with Gasteiger partial charge in [-0.1, -0.05) is 40.9 Å². The number of carbonyl (C=O) groups excluding carboxylic acids is 1. The second kappa shape index (κ2) is 6.07. The van der Waals surface area contributed by atoms with E-state index < -0.39 is 15.0 Å². The van der Waals surface area contributed by atoms with Crippen molar-refractivity contribution in [3.8, 4) is 0 Å². The third-order valence-corrected chi connectivity index (χ3v) is 6.07. The highest BCUT2D eigenvalue weighted by molar-refractivity contribution is 9.10. The maximum atomic E-state index is 12.2. The van der Waals surface area contributed by atoms with Crippen LogP contribution in [0.4, 0.5) is 0 Å². The molecule has 0 bridgehead atoms. The van der Waals surface area contributed by atoms with Crippen molar-refractivity contribution in [2.75, 3.05) is 6.54 Å². The Bertz CT molecular complexity index is 687. The van der Waals surface area contributed by atoms with Gasteiger partial charge in [-0.25, -0.2) is 8.42 Å². The summed E-state index contributed by atoms with van der Waals surface area (Å²) in [6.45, 7) is 2.64. The molecule has 1 saturated carbocycles. The molecule has 2 rings (SSSR count). The molecule has 0 saturated heterocycles. The Morgan fingerprint density at radius 3 is 2.52 bits per heavy atom. The van der Waals surface area contributed by atoms with Gasteiger partial charge < -0.3 is 5.32 Å². The topological polar surface area (TPSA) is 63.2 Å². The van der Waals surface area contributed by atoms with Gasteiger partial charge in [0.05, 0.1) is 10.6 Å². The molecular weight excluding hydrogens is 401 g/mol. The summed E-state index contributed by atoms with van der Waals surface area (Å²) >= 11 is 9.17. The molecule has 1 aromatic rings. The van der Waals surface area contributed by atoms with E-state index in [1.165, 1.54) is 18.6 Å². The molecule has 1 amide bonds. The fraction of sp³-hybridized carbons (Fsp3) is 0.462. The molecule has 1 N–H and O–H groups in total. The van der Waals surface area contributed by atoms with Gasteiger partial charge in [0, 0.05) is 21.7 Å². The number of carbonyl (C=O) groups is 1. The average Bonchev–Trinajstić information content (AvgIpc) is 2.34. The Morgan fingerprint density at radius 1 is 1.43 bits per heavy atom. The molecular formula is C13H14BrCl2NO3S. The van der Waals surface area contributed by atoms with E-state index in [2.05, 4.69) is 28.2 Å². The quantitative estimate of drug-likeness (QED) is 0.758. The minimum absolute atomic E-state index is 0.0909. The fourth-order valence-corrected chi connectivity index (χ4v) is 4.44. The van der Waals surface area contributed by atoms with Crippen LogP contribution in [0, 0.1) is 5.41 Å². The van der Waals surface area contributed by atoms with E-state index in [1.54, 1.807) is 0 Å². The summed E-state index contributed by atoms with van der Waals surface area (Å²) < 4.78 is 23.4. The monoisotopic (exact) mass is 413 g/mol. The predicted octanol–water partition coefficient (Wildman–Crippen LogP) is 3.95. The highest BCUT2D eigenvalue weighted by Crippen LogP contribution is 2.39. The van der Waals surface area contributed by atoms with Gasteiger partial charge in [-0.05, 0) is 30.4 Å². The first-order valence-corrected chi connectivity index (χ1v) is 9.82. The number of rotatable bonds is 4. The minimum atomic E-state index is -4.02. The fourth-order valence-electron chi connectivity index (χ4n) is 2.25. The highest BCUT2D eigenvalue weighted by atomic mass is 79.9. The molecule has 0 atom stereocenters. The van der Waals surface area contributed by atoms with E-state index in [4.69, 9.17) is 22.3 Å². The lowest BCUT2D eigenvalue weighted by atomic mass is 9.70. The second-order valence-corrected chi connectivity index (χ2v) is 9.38. The first-order chi connectivity index (χ1) is 9.62. The van der Waals surface area contributed by atoms with Gasteiger partial charge in [0.1, 0.15) is 4.90 Å². The zero-order valence-corrected chi connectivity index (χ0v) is 15.2. The summed E-state index contributed by atoms with van der Waals surface area (Å²) in [6, 6.07) is 2.75. The van der Waals surface area contributed by atoms with Crippen LogP contribution in [-0.2, 0) is 9.05 Å². The van der Waals surface area contributed by atoms with Gasteiger partial charge in [0.15, 0.2) is 0 Å². The Hall–Kier alpha value is -0.300. The molecule has 0 aliphatic heterocycles. The zero-order valence-electron chi connectivity index (χ0n) is 11.3. The lowest BCUT2D eigenvalue weighted by Crippen LogP contribution is -2.40. The molecule has 8 heteroatoms. The van der Waals surface area contributed by atoms with Crippen molar-refractivity contribution in [2.24, 2.45) is 5.41 Å². The number of hydrogen-bond donors (Lipinski definition) is 1. The molecule has 0 radical (unpaired) electrons. The number of amides is 1. The lowest BCUT2D eigenvalue weighted by molar-refractivity contribution is 0.0890. The van der Waals surface area contributed by atoms with Crippen LogP contribution >= 0.6 is 38.2 Å². The van der Waals surface area contributed by atoms with E-state index in [1.807, 2.05) is 0 Å². The first-order valence-electron chi connectivity index (χ1n) is 6.34. The van der Waals surface area contributed by atoms with Gasteiger partial charge >= 0.3 is 0 Å². The van der Waals surface area contributed by atoms with Crippen LogP contribution in [-0.4, -0.2) is 20.9 Å². The summed E-state index contributed by atoms with van der Waals surface area (Å²) in [5.74, 6) is -0.406. The van der Waals surface area contributed by atoms with Gasteiger partial charge in [0.25, 0.3) is 15.0 Å². The summed E-state index contributed by atoms with van der Waals surface area (Å²) in [4.78, 5) is 12.0. The number of nitrogens with one attached hydrogen (secondary N) is 1. The number of hydrogen-bond acceptors (Lipinski definition) is 3. The SMILES string of the molecule is CC1(CNC(=O)c2cc(Br)cc(S(=O)(=O)Cl)c2Cl)CCC1. The van der Waals surface area contributed by atoms with E-state index in [0.29, 0.717) is 11.0 Å². The van der Waals surface area contributed by atoms with Crippen molar-refractivity contribution in [3.05, 3.63) is 27.2 Å². The van der Waals surface area contributed by atoms with E-state index in [-0.39, 0.29) is 20.9 Å². The van der Waals surface area contributed by atoms with E-state index in [9.17, 15) is 13.2 Å². The summed E-state index contributed by atoms with van der Waals surface area (Å²) in [7, 11) is 1.31. The van der Waals surface area contributed by atoms with Crippen LogP contribution < -0.4 is 5.32 Å². The van der Waals surface area contributed by atoms with Crippen LogP contribution in [0.3, 0.4) is 0 Å². The van der Waals surface area contributed by atoms with Crippen LogP contribution in [0.5, 0.6) is 0 Å². The zero-order chi connectivity index (χ0) is 15.8. The van der Waals surface area contributed by atoms with Gasteiger partial charge in [-0.2, -0.15) is 0 Å². The Morgan fingerprint density at radius 2 is 2.05 bits per heavy atom. The molecule has 1 aliphatic rings. The Balaban J connectivity index is 2.26. The molecule has 0 heterocycles. The highest BCUT2D eigenvalue weighted by Gasteiger charge is 2.32.